The summed E-state index contributed by atoms with van der Waals surface area (Å²) < 4.78 is 359. The molecule has 0 spiro atoms. The van der Waals surface area contributed by atoms with Gasteiger partial charge < -0.3 is 18.9 Å². The molecule has 4 heterocycles. The van der Waals surface area contributed by atoms with Crippen molar-refractivity contribution < 1.29 is 46.6 Å². The summed E-state index contributed by atoms with van der Waals surface area (Å²) in [5.74, 6) is 0. The van der Waals surface area contributed by atoms with Gasteiger partial charge >= 0.3 is 0 Å². The highest BCUT2D eigenvalue weighted by Gasteiger charge is 2.47. The average molecular weight is 1670 g/mol. The van der Waals surface area contributed by atoms with E-state index in [-0.39, 0.29) is 123 Å². The highest BCUT2D eigenvalue weighted by molar-refractivity contribution is 7.00. The van der Waals surface area contributed by atoms with Crippen molar-refractivity contribution in [2.24, 2.45) is 0 Å². The lowest BCUT2D eigenvalue weighted by atomic mass is 9.33. The second-order valence-electron chi connectivity index (χ2n) is 42.9. The monoisotopic (exact) mass is 1670 g/mol. The molecule has 2 aliphatic rings. The minimum atomic E-state index is -1.56. The van der Waals surface area contributed by atoms with Gasteiger partial charge in [-0.2, -0.15) is 0 Å². The van der Waals surface area contributed by atoms with E-state index < -0.39 is 327 Å². The van der Waals surface area contributed by atoms with Gasteiger partial charge in [-0.1, -0.05) is 387 Å². The minimum Gasteiger partial charge on any atom is -0.310 e. The molecule has 0 aliphatic carbocycles. The van der Waals surface area contributed by atoms with Crippen LogP contribution < -0.4 is 26.2 Å². The smallest absolute Gasteiger partial charge is 0.252 e. The molecule has 0 unspecified atom stereocenters. The van der Waals surface area contributed by atoms with Gasteiger partial charge in [0.2, 0.25) is 0 Å². The largest absolute Gasteiger partial charge is 0.310 e. The van der Waals surface area contributed by atoms with Crippen LogP contribution in [0.5, 0.6) is 0 Å². The topological polar surface area (TPSA) is 16.3 Å². The van der Waals surface area contributed by atoms with E-state index in [2.05, 4.69) is 47.6 Å². The Morgan fingerprint density at radius 3 is 1.01 bits per heavy atom. The highest BCUT2D eigenvalue weighted by atomic mass is 15.2. The number of para-hydroxylation sites is 4. The number of hydrogen-bond acceptors (Lipinski definition) is 2. The Kier molecular flexibility index (Phi) is 12.5. The summed E-state index contributed by atoms with van der Waals surface area (Å²) in [6, 6.07) is -3.52. The Morgan fingerprint density at radius 2 is 0.600 bits per heavy atom. The van der Waals surface area contributed by atoms with Gasteiger partial charge in [0, 0.05) is 72.2 Å². The van der Waals surface area contributed by atoms with Crippen molar-refractivity contribution >= 4 is 101 Å². The van der Waals surface area contributed by atoms with Crippen LogP contribution in [0, 0.1) is 0 Å². The van der Waals surface area contributed by atoms with Crippen LogP contribution in [0.4, 0.5) is 34.1 Å². The summed E-state index contributed by atoms with van der Waals surface area (Å²) in [6.45, 7) is 47.1. The van der Waals surface area contributed by atoms with E-state index >= 15 is 0 Å². The minimum absolute atomic E-state index is 0.0125. The van der Waals surface area contributed by atoms with Crippen LogP contribution in [0.1, 0.15) is 284 Å². The maximum Gasteiger partial charge on any atom is 0.252 e. The molecule has 0 saturated carbocycles. The van der Waals surface area contributed by atoms with Crippen LogP contribution in [-0.4, -0.2) is 15.8 Å². The van der Waals surface area contributed by atoms with Crippen molar-refractivity contribution in [3.8, 4) is 67.0 Å². The van der Waals surface area contributed by atoms with Gasteiger partial charge in [0.1, 0.15) is 0 Å². The molecule has 0 N–H and O–H groups in total. The fraction of sp³-hybridized carbons (Fsp3) is 0.300. The fourth-order valence-corrected chi connectivity index (χ4v) is 17.2. The molecule has 2 aromatic heterocycles. The lowest BCUT2D eigenvalue weighted by molar-refractivity contribution is 0.568. The third kappa shape index (κ3) is 14.8. The molecule has 0 atom stereocenters. The molecule has 0 radical (unpaired) electrons. The number of fused-ring (bicyclic) bond motifs is 10. The van der Waals surface area contributed by atoms with E-state index in [4.69, 9.17) is 0 Å². The zero-order chi connectivity index (χ0) is 118. The summed E-state index contributed by atoms with van der Waals surface area (Å²) in [6.07, 6.45) is 0. The second-order valence-corrected chi connectivity index (χ2v) is 42.9. The van der Waals surface area contributed by atoms with Gasteiger partial charge in [0.05, 0.1) is 85.7 Å². The molecule has 0 amide bonds. The van der Waals surface area contributed by atoms with E-state index in [1.807, 2.05) is 30.3 Å². The number of rotatable bonds is 9. The van der Waals surface area contributed by atoms with Crippen LogP contribution in [0.2, 0.25) is 0 Å². The lowest BCUT2D eigenvalue weighted by Crippen LogP contribution is -2.61. The Bertz CT molecular complexity index is 8960. The van der Waals surface area contributed by atoms with E-state index in [9.17, 15) is 46.6 Å². The number of anilines is 6. The Hall–Kier alpha value is -11.7. The second kappa shape index (κ2) is 29.5. The first-order valence-electron chi connectivity index (χ1n) is 60.0. The average Bonchev–Trinajstić information content (AvgIpc) is 1.57. The molecule has 18 rings (SSSR count). The Morgan fingerprint density at radius 1 is 0.240 bits per heavy atom. The number of benzene rings is 14. The predicted octanol–water partition coefficient (Wildman–Crippen LogP) is 32.0. The van der Waals surface area contributed by atoms with Crippen molar-refractivity contribution in [2.75, 3.05) is 9.80 Å². The maximum atomic E-state index is 11.9. The van der Waals surface area contributed by atoms with E-state index in [0.29, 0.717) is 11.1 Å². The van der Waals surface area contributed by atoms with Crippen LogP contribution in [0.15, 0.2) is 278 Å². The van der Waals surface area contributed by atoms with Crippen molar-refractivity contribution in [1.82, 2.24) is 9.13 Å². The van der Waals surface area contributed by atoms with Crippen LogP contribution in [-0.2, 0) is 48.7 Å². The molecule has 0 fully saturated rings. The third-order valence-electron chi connectivity index (χ3n) is 24.1. The van der Waals surface area contributed by atoms with Crippen LogP contribution >= 0.6 is 0 Å². The van der Waals surface area contributed by atoms with Crippen molar-refractivity contribution in [3.05, 3.63) is 328 Å². The standard InChI is InChI=1S/C120H127BN4/c1-112(2,3)78-53-48-74(49-54-78)93-66-83(117(16,17)18)68-95(87-38-28-33-43-97(87)119(22,23)24)110(93)125-106-71-85(122-101-44-34-29-39-89(101)90-40-30-35-45-102(90)122)58-61-100(106)121-99-60-52-76(77-62-81(115(10,11)12)65-82(63-77)116(13,14)15)64-105(99)124(107-72-86(73-108(125)109(107)121)123-103-46-36-31-41-91(103)92-42-32-37-47-104(92)123)111-94(75-50-55-79(56-51-75)113(4,5)6)67-84(118(19,20)21)69-96(111)88-59-57-80(114(7,8)9)70-98(88)120(25,26)27/h28-73H,1-27H3/i28D,29D,30D,31D,32D,34D,35D,36D,37D,38D,39D,40D,41D,42D,43D,44D,45D,46D,47D,48D,49D,50D,51D,53D,54D,55D,56D,57D,59D,66D,67D,68D,69D,70D. The summed E-state index contributed by atoms with van der Waals surface area (Å²) in [5, 5.41) is -1.71. The maximum absolute atomic E-state index is 11.9. The first-order chi connectivity index (χ1) is 72.9. The lowest BCUT2D eigenvalue weighted by Gasteiger charge is -2.46. The molecule has 125 heavy (non-hydrogen) atoms. The normalized spacial score (nSPS) is 17.5. The number of hydrogen-bond donors (Lipinski definition) is 0. The summed E-state index contributed by atoms with van der Waals surface area (Å²) >= 11 is 0. The van der Waals surface area contributed by atoms with E-state index in [1.165, 1.54) is 38.3 Å². The molecular formula is C120H127BN4. The molecule has 4 nitrogen and oxygen atoms in total. The van der Waals surface area contributed by atoms with Crippen LogP contribution in [0.25, 0.3) is 111 Å². The molecule has 16 aromatic rings. The van der Waals surface area contributed by atoms with E-state index in [1.54, 1.807) is 156 Å². The molecular weight excluding hydrogens is 1510 g/mol. The van der Waals surface area contributed by atoms with E-state index in [0.717, 1.165) is 17.2 Å². The Labute approximate surface area is 794 Å². The molecule has 5 heteroatoms. The Balaban J connectivity index is 1.27. The SMILES string of the molecule is [2H]c1cc([2H])c(C(C)(C)C)c(-c2c([2H])c(C(C)(C)C)c([2H])c(-c3c([2H])c([2H])c(C(C)(C)C)c([2H])c3[2H])c2N2c3cc(-n4c5c([2H])c([2H])c([2H])c([2H])c5c5c([2H])c([2H])c([2H])c([2H])c54)ccc3B3c4ccc(-c5cc(C(C)(C)C)cc(C(C)(C)C)c5)cc4N(c4c(-c5c([2H])c([2H])c(C(C)(C)C)c([2H])c5[2H])c([2H])c(C(C)(C)C)c([2H])c4-c4c([2H])c([2H])c(C(C)(C)C)c([2H])c4C(C)(C)C)c4cc(-n5c6c([2H])c([2H])c([2H])c([2H])c6c6c([2H])c([2H])c([2H])c([2H])c65)cc2c43)c1[2H]. The zero-order valence-corrected chi connectivity index (χ0v) is 76.8. The van der Waals surface area contributed by atoms with Gasteiger partial charge in [-0.25, -0.2) is 0 Å². The van der Waals surface area contributed by atoms with Gasteiger partial charge in [0.25, 0.3) is 6.71 Å². The molecule has 2 aliphatic heterocycles. The summed E-state index contributed by atoms with van der Waals surface area (Å²) in [5.41, 5.74) is -15.8. The molecule has 0 saturated heterocycles. The van der Waals surface area contributed by atoms with Gasteiger partial charge in [-0.15, -0.1) is 0 Å². The highest BCUT2D eigenvalue weighted by Crippen LogP contribution is 2.58. The number of aromatic nitrogens is 2. The fourth-order valence-electron chi connectivity index (χ4n) is 17.2. The number of nitrogens with zero attached hydrogens (tertiary/aromatic N) is 4. The summed E-state index contributed by atoms with van der Waals surface area (Å²) in [7, 11) is 0. The molecule has 0 bridgehead atoms. The third-order valence-corrected chi connectivity index (χ3v) is 24.1. The first-order valence-corrected chi connectivity index (χ1v) is 43.0. The zero-order valence-electron chi connectivity index (χ0n) is 111. The van der Waals surface area contributed by atoms with Crippen molar-refractivity contribution in [2.45, 2.75) is 236 Å². The summed E-state index contributed by atoms with van der Waals surface area (Å²) in [4.78, 5) is 3.06. The van der Waals surface area contributed by atoms with Crippen molar-refractivity contribution in [3.63, 3.8) is 0 Å². The predicted molar refractivity (Wildman–Crippen MR) is 545 cm³/mol. The quantitative estimate of drug-likeness (QED) is 0.134. The van der Waals surface area contributed by atoms with Gasteiger partial charge in [-0.3, -0.25) is 0 Å². The van der Waals surface area contributed by atoms with Crippen molar-refractivity contribution in [1.29, 1.82) is 0 Å². The molecule has 630 valence electrons. The van der Waals surface area contributed by atoms with Gasteiger partial charge in [-0.05, 0) is 227 Å². The van der Waals surface area contributed by atoms with Gasteiger partial charge in [0.15, 0.2) is 0 Å². The first kappa shape index (κ1) is 53.0. The van der Waals surface area contributed by atoms with Crippen LogP contribution in [0.3, 0.4) is 0 Å². The molecule has 14 aromatic carbocycles.